The van der Waals surface area contributed by atoms with Crippen LogP contribution in [0, 0.1) is 40.4 Å². The first-order valence-electron chi connectivity index (χ1n) is 13.7. The molecule has 1 unspecified atom stereocenters. The number of aliphatic hydroxyl groups is 1. The van der Waals surface area contributed by atoms with Gasteiger partial charge in [-0.25, -0.2) is 0 Å². The Bertz CT molecular complexity index is 719. The summed E-state index contributed by atoms with van der Waals surface area (Å²) in [7, 11) is 0. The van der Waals surface area contributed by atoms with E-state index in [1.165, 1.54) is 56.9 Å². The molecule has 3 rings (SSSR count). The average Bonchev–Trinajstić information content (AvgIpc) is 3.02. The van der Waals surface area contributed by atoms with Crippen LogP contribution in [0.25, 0.3) is 0 Å². The van der Waals surface area contributed by atoms with Gasteiger partial charge in [0.1, 0.15) is 0 Å². The van der Waals surface area contributed by atoms with E-state index in [1.54, 1.807) is 5.57 Å². The van der Waals surface area contributed by atoms with Crippen molar-refractivity contribution in [3.8, 4) is 0 Å². The van der Waals surface area contributed by atoms with E-state index in [9.17, 15) is 5.11 Å². The Morgan fingerprint density at radius 1 is 1.12 bits per heavy atom. The van der Waals surface area contributed by atoms with E-state index in [0.717, 1.165) is 36.2 Å². The fourth-order valence-electron chi connectivity index (χ4n) is 7.53. The summed E-state index contributed by atoms with van der Waals surface area (Å²) in [5.74, 6) is 3.43. The summed E-state index contributed by atoms with van der Waals surface area (Å²) < 4.78 is 0. The van der Waals surface area contributed by atoms with Crippen LogP contribution in [-0.2, 0) is 0 Å². The molecule has 0 radical (unpaired) electrons. The maximum absolute atomic E-state index is 10.6. The molecule has 1 heteroatoms. The lowest BCUT2D eigenvalue weighted by molar-refractivity contribution is 0.0920. The zero-order chi connectivity index (χ0) is 23.7. The maximum atomic E-state index is 10.6. The minimum Gasteiger partial charge on any atom is -0.388 e. The predicted octanol–water partition coefficient (Wildman–Crippen LogP) is 8.89. The van der Waals surface area contributed by atoms with Gasteiger partial charge in [-0.15, -0.1) is 0 Å². The normalized spacial score (nSPS) is 39.9. The zero-order valence-corrected chi connectivity index (χ0v) is 22.3. The molecule has 0 spiro atoms. The number of fused-ring (bicyclic) bond motifs is 1. The first-order chi connectivity index (χ1) is 14.9. The molecular formula is C31H52O. The van der Waals surface area contributed by atoms with Crippen LogP contribution in [0.4, 0.5) is 0 Å². The van der Waals surface area contributed by atoms with Crippen LogP contribution in [0.15, 0.2) is 35.5 Å². The standard InChI is InChI=1S/C31H52O/c1-21(11-9-17-30(5,6)7)27-15-16-28-25(12-10-18-31(27,28)8)13-14-26-20-29(32)24(4)22(2)19-23(26)3/h13-14,21-23,27-29,32H,4,9-12,15-20H2,1-3,5-8H3/b25-13+,26-14-/t21-,22+,23?,27+,28-,29+,31+/m0/s1. The Kier molecular flexibility index (Phi) is 8.23. The third-order valence-corrected chi connectivity index (χ3v) is 9.65. The molecule has 7 atom stereocenters. The van der Waals surface area contributed by atoms with Gasteiger partial charge in [0.05, 0.1) is 6.10 Å². The minimum atomic E-state index is -0.374. The second-order valence-electron chi connectivity index (χ2n) is 13.3. The number of aliphatic hydroxyl groups excluding tert-OH is 1. The van der Waals surface area contributed by atoms with Crippen molar-refractivity contribution in [2.45, 2.75) is 119 Å². The number of rotatable bonds is 5. The molecule has 1 N–H and O–H groups in total. The second-order valence-corrected chi connectivity index (χ2v) is 13.3. The van der Waals surface area contributed by atoms with Crippen molar-refractivity contribution >= 4 is 0 Å². The van der Waals surface area contributed by atoms with Crippen LogP contribution in [0.3, 0.4) is 0 Å². The maximum Gasteiger partial charge on any atom is 0.0787 e. The molecule has 3 fully saturated rings. The molecule has 0 bridgehead atoms. The smallest absolute Gasteiger partial charge is 0.0787 e. The van der Waals surface area contributed by atoms with Crippen LogP contribution in [-0.4, -0.2) is 11.2 Å². The SMILES string of the molecule is C=C1[C@H](C)CC(C)/C(=C\C=C2/CCC[C@]3(C)[C@@H]([C@@H](C)CCCC(C)(C)C)CC[C@@H]23)C[C@H]1O. The van der Waals surface area contributed by atoms with Crippen molar-refractivity contribution in [3.05, 3.63) is 35.5 Å². The predicted molar refractivity (Wildman–Crippen MR) is 140 cm³/mol. The molecule has 32 heavy (non-hydrogen) atoms. The third kappa shape index (κ3) is 5.81. The van der Waals surface area contributed by atoms with Crippen LogP contribution in [0.1, 0.15) is 113 Å². The van der Waals surface area contributed by atoms with E-state index < -0.39 is 0 Å². The number of hydrogen-bond acceptors (Lipinski definition) is 1. The van der Waals surface area contributed by atoms with Crippen LogP contribution in [0.2, 0.25) is 0 Å². The zero-order valence-electron chi connectivity index (χ0n) is 22.3. The van der Waals surface area contributed by atoms with Gasteiger partial charge in [-0.3, -0.25) is 0 Å². The third-order valence-electron chi connectivity index (χ3n) is 9.65. The number of allylic oxidation sites excluding steroid dienone is 3. The summed E-state index contributed by atoms with van der Waals surface area (Å²) >= 11 is 0. The highest BCUT2D eigenvalue weighted by Gasteiger charge is 2.50. The minimum absolute atomic E-state index is 0.374. The molecule has 0 aromatic rings. The van der Waals surface area contributed by atoms with Gasteiger partial charge < -0.3 is 5.11 Å². The summed E-state index contributed by atoms with van der Waals surface area (Å²) in [4.78, 5) is 0. The van der Waals surface area contributed by atoms with Crippen molar-refractivity contribution in [2.75, 3.05) is 0 Å². The Morgan fingerprint density at radius 3 is 2.50 bits per heavy atom. The highest BCUT2D eigenvalue weighted by molar-refractivity contribution is 5.28. The second kappa shape index (κ2) is 10.2. The fraction of sp³-hybridized carbons (Fsp3) is 0.806. The lowest BCUT2D eigenvalue weighted by Crippen LogP contribution is -2.36. The molecule has 1 nitrogen and oxygen atoms in total. The van der Waals surface area contributed by atoms with E-state index in [2.05, 4.69) is 67.2 Å². The molecule has 0 heterocycles. The fourth-order valence-corrected chi connectivity index (χ4v) is 7.53. The Labute approximate surface area is 199 Å². The van der Waals surface area contributed by atoms with Crippen molar-refractivity contribution < 1.29 is 5.11 Å². The molecular weight excluding hydrogens is 388 g/mol. The molecule has 182 valence electrons. The first-order valence-corrected chi connectivity index (χ1v) is 13.7. The summed E-state index contributed by atoms with van der Waals surface area (Å²) in [5, 5.41) is 10.6. The van der Waals surface area contributed by atoms with Crippen molar-refractivity contribution in [1.82, 2.24) is 0 Å². The van der Waals surface area contributed by atoms with Crippen LogP contribution < -0.4 is 0 Å². The first kappa shape index (κ1) is 25.8. The van der Waals surface area contributed by atoms with Gasteiger partial charge in [-0.2, -0.15) is 0 Å². The van der Waals surface area contributed by atoms with Gasteiger partial charge >= 0.3 is 0 Å². The molecule has 3 aliphatic carbocycles. The van der Waals surface area contributed by atoms with Gasteiger partial charge in [-0.05, 0) is 97.4 Å². The van der Waals surface area contributed by atoms with Gasteiger partial charge in [0.25, 0.3) is 0 Å². The molecule has 3 aliphatic rings. The largest absolute Gasteiger partial charge is 0.388 e. The van der Waals surface area contributed by atoms with E-state index >= 15 is 0 Å². The molecule has 0 aliphatic heterocycles. The van der Waals surface area contributed by atoms with E-state index in [4.69, 9.17) is 0 Å². The van der Waals surface area contributed by atoms with Gasteiger partial charge in [0.15, 0.2) is 0 Å². The van der Waals surface area contributed by atoms with Gasteiger partial charge in [0, 0.05) is 0 Å². The van der Waals surface area contributed by atoms with E-state index in [1.807, 2.05) is 0 Å². The Morgan fingerprint density at radius 2 is 1.81 bits per heavy atom. The lowest BCUT2D eigenvalue weighted by Gasteiger charge is -2.44. The van der Waals surface area contributed by atoms with Crippen LogP contribution >= 0.6 is 0 Å². The Hall–Kier alpha value is -0.820. The lowest BCUT2D eigenvalue weighted by atomic mass is 9.60. The topological polar surface area (TPSA) is 20.2 Å². The summed E-state index contributed by atoms with van der Waals surface area (Å²) in [6, 6.07) is 0. The molecule has 0 aromatic carbocycles. The van der Waals surface area contributed by atoms with Gasteiger partial charge in [0.2, 0.25) is 0 Å². The molecule has 3 saturated carbocycles. The monoisotopic (exact) mass is 440 g/mol. The summed E-state index contributed by atoms with van der Waals surface area (Å²) in [5.41, 5.74) is 5.10. The quantitative estimate of drug-likeness (QED) is 0.334. The molecule has 0 saturated heterocycles. The highest BCUT2D eigenvalue weighted by Crippen LogP contribution is 2.60. The molecule has 0 amide bonds. The average molecular weight is 441 g/mol. The number of hydrogen-bond donors (Lipinski definition) is 1. The van der Waals surface area contributed by atoms with E-state index in [0.29, 0.717) is 22.7 Å². The summed E-state index contributed by atoms with van der Waals surface area (Å²) in [6.45, 7) is 21.0. The molecule has 0 aromatic heterocycles. The van der Waals surface area contributed by atoms with E-state index in [-0.39, 0.29) is 6.10 Å². The van der Waals surface area contributed by atoms with Crippen molar-refractivity contribution in [2.24, 2.45) is 40.4 Å². The summed E-state index contributed by atoms with van der Waals surface area (Å²) in [6.07, 6.45) is 17.3. The van der Waals surface area contributed by atoms with Crippen molar-refractivity contribution in [3.63, 3.8) is 0 Å². The van der Waals surface area contributed by atoms with Gasteiger partial charge in [-0.1, -0.05) is 91.2 Å². The Balaban J connectivity index is 1.72. The van der Waals surface area contributed by atoms with Crippen molar-refractivity contribution in [1.29, 1.82) is 0 Å². The highest BCUT2D eigenvalue weighted by atomic mass is 16.3. The van der Waals surface area contributed by atoms with Crippen LogP contribution in [0.5, 0.6) is 0 Å².